The lowest BCUT2D eigenvalue weighted by Crippen LogP contribution is -2.24. The molecule has 5 nitrogen and oxygen atoms in total. The Bertz CT molecular complexity index is 567. The molecule has 0 saturated carbocycles. The van der Waals surface area contributed by atoms with Gasteiger partial charge >= 0.3 is 0 Å². The van der Waals surface area contributed by atoms with Crippen LogP contribution in [0, 0.1) is 20.8 Å². The van der Waals surface area contributed by atoms with E-state index in [1.54, 1.807) is 0 Å². The molecule has 2 rings (SSSR count). The molecule has 0 bridgehead atoms. The molecular weight excluding hydrogens is 250 g/mol. The SMILES string of the molecule is CCn1nc(C)c(C(C)NCCn2cc(C)cn2)c1C. The van der Waals surface area contributed by atoms with Crippen LogP contribution in [0.25, 0.3) is 0 Å². The van der Waals surface area contributed by atoms with Gasteiger partial charge in [-0.15, -0.1) is 0 Å². The highest BCUT2D eigenvalue weighted by molar-refractivity contribution is 5.27. The Hall–Kier alpha value is -1.62. The van der Waals surface area contributed by atoms with Crippen LogP contribution in [0.15, 0.2) is 12.4 Å². The molecule has 0 amide bonds. The standard InChI is InChI=1S/C15H25N5/c1-6-20-14(5)15(13(4)18-20)12(3)16-7-8-19-10-11(2)9-17-19/h9-10,12,16H,6-8H2,1-5H3. The highest BCUT2D eigenvalue weighted by Crippen LogP contribution is 2.21. The van der Waals surface area contributed by atoms with E-state index in [4.69, 9.17) is 0 Å². The van der Waals surface area contributed by atoms with Crippen LogP contribution in [0.2, 0.25) is 0 Å². The van der Waals surface area contributed by atoms with Crippen molar-refractivity contribution in [1.29, 1.82) is 0 Å². The predicted octanol–water partition coefficient (Wildman–Crippen LogP) is 2.38. The molecule has 0 aromatic carbocycles. The highest BCUT2D eigenvalue weighted by atomic mass is 15.3. The van der Waals surface area contributed by atoms with Crippen LogP contribution in [0.5, 0.6) is 0 Å². The second kappa shape index (κ2) is 6.22. The van der Waals surface area contributed by atoms with Gasteiger partial charge in [0, 0.05) is 36.6 Å². The third-order valence-electron chi connectivity index (χ3n) is 3.72. The van der Waals surface area contributed by atoms with Gasteiger partial charge in [-0.05, 0) is 40.2 Å². The summed E-state index contributed by atoms with van der Waals surface area (Å²) < 4.78 is 4.05. The molecule has 0 spiro atoms. The first-order valence-corrected chi connectivity index (χ1v) is 7.29. The predicted molar refractivity (Wildman–Crippen MR) is 80.8 cm³/mol. The minimum atomic E-state index is 0.312. The van der Waals surface area contributed by atoms with Gasteiger partial charge in [-0.3, -0.25) is 9.36 Å². The highest BCUT2D eigenvalue weighted by Gasteiger charge is 2.16. The van der Waals surface area contributed by atoms with Crippen molar-refractivity contribution in [2.45, 2.75) is 53.8 Å². The fourth-order valence-corrected chi connectivity index (χ4v) is 2.73. The summed E-state index contributed by atoms with van der Waals surface area (Å²) in [7, 11) is 0. The third-order valence-corrected chi connectivity index (χ3v) is 3.72. The fourth-order valence-electron chi connectivity index (χ4n) is 2.73. The molecular formula is C15H25N5. The first-order chi connectivity index (χ1) is 9.52. The van der Waals surface area contributed by atoms with E-state index in [1.807, 2.05) is 10.9 Å². The topological polar surface area (TPSA) is 47.7 Å². The molecule has 1 N–H and O–H groups in total. The van der Waals surface area contributed by atoms with Gasteiger partial charge in [0.15, 0.2) is 0 Å². The van der Waals surface area contributed by atoms with Crippen molar-refractivity contribution in [3.05, 3.63) is 34.9 Å². The number of hydrogen-bond acceptors (Lipinski definition) is 3. The van der Waals surface area contributed by atoms with Crippen LogP contribution < -0.4 is 5.32 Å². The van der Waals surface area contributed by atoms with Gasteiger partial charge < -0.3 is 5.32 Å². The largest absolute Gasteiger partial charge is 0.308 e. The van der Waals surface area contributed by atoms with Crippen LogP contribution in [0.4, 0.5) is 0 Å². The number of aromatic nitrogens is 4. The minimum Gasteiger partial charge on any atom is -0.308 e. The average molecular weight is 275 g/mol. The summed E-state index contributed by atoms with van der Waals surface area (Å²) in [5.41, 5.74) is 4.91. The second-order valence-electron chi connectivity index (χ2n) is 5.36. The van der Waals surface area contributed by atoms with Gasteiger partial charge in [0.05, 0.1) is 18.4 Å². The molecule has 5 heteroatoms. The van der Waals surface area contributed by atoms with E-state index < -0.39 is 0 Å². The Labute approximate surface area is 121 Å². The number of nitrogens with zero attached hydrogens (tertiary/aromatic N) is 4. The van der Waals surface area contributed by atoms with Crippen molar-refractivity contribution >= 4 is 0 Å². The average Bonchev–Trinajstić information content (AvgIpc) is 2.93. The maximum atomic E-state index is 4.58. The normalized spacial score (nSPS) is 12.8. The molecule has 110 valence electrons. The van der Waals surface area contributed by atoms with Crippen molar-refractivity contribution in [2.24, 2.45) is 0 Å². The van der Waals surface area contributed by atoms with Crippen LogP contribution in [-0.2, 0) is 13.1 Å². The Morgan fingerprint density at radius 2 is 2.05 bits per heavy atom. The summed E-state index contributed by atoms with van der Waals surface area (Å²) in [6.45, 7) is 13.3. The van der Waals surface area contributed by atoms with E-state index in [0.717, 1.165) is 25.3 Å². The van der Waals surface area contributed by atoms with Crippen molar-refractivity contribution in [3.8, 4) is 0 Å². The fraction of sp³-hybridized carbons (Fsp3) is 0.600. The van der Waals surface area contributed by atoms with Gasteiger partial charge in [-0.1, -0.05) is 0 Å². The summed E-state index contributed by atoms with van der Waals surface area (Å²) in [4.78, 5) is 0. The zero-order chi connectivity index (χ0) is 14.7. The van der Waals surface area contributed by atoms with Crippen LogP contribution in [-0.4, -0.2) is 26.1 Å². The minimum absolute atomic E-state index is 0.312. The van der Waals surface area contributed by atoms with Gasteiger partial charge in [-0.25, -0.2) is 0 Å². The van der Waals surface area contributed by atoms with E-state index in [0.29, 0.717) is 6.04 Å². The number of rotatable bonds is 6. The second-order valence-corrected chi connectivity index (χ2v) is 5.36. The summed E-state index contributed by atoms with van der Waals surface area (Å²) in [5.74, 6) is 0. The third kappa shape index (κ3) is 3.10. The van der Waals surface area contributed by atoms with Gasteiger partial charge in [-0.2, -0.15) is 10.2 Å². The van der Waals surface area contributed by atoms with E-state index in [1.165, 1.54) is 16.8 Å². The number of aryl methyl sites for hydroxylation is 3. The van der Waals surface area contributed by atoms with Crippen molar-refractivity contribution in [2.75, 3.05) is 6.54 Å². The van der Waals surface area contributed by atoms with Crippen molar-refractivity contribution in [1.82, 2.24) is 24.9 Å². The maximum Gasteiger partial charge on any atom is 0.0644 e. The summed E-state index contributed by atoms with van der Waals surface area (Å²) in [6, 6.07) is 0.312. The first-order valence-electron chi connectivity index (χ1n) is 7.29. The lowest BCUT2D eigenvalue weighted by molar-refractivity contribution is 0.504. The Morgan fingerprint density at radius 1 is 1.30 bits per heavy atom. The lowest BCUT2D eigenvalue weighted by atomic mass is 10.1. The Morgan fingerprint density at radius 3 is 2.60 bits per heavy atom. The molecule has 1 atom stereocenters. The van der Waals surface area contributed by atoms with E-state index >= 15 is 0 Å². The zero-order valence-electron chi connectivity index (χ0n) is 13.1. The molecule has 1 unspecified atom stereocenters. The summed E-state index contributed by atoms with van der Waals surface area (Å²) in [5, 5.41) is 12.4. The summed E-state index contributed by atoms with van der Waals surface area (Å²) in [6.07, 6.45) is 3.96. The maximum absolute atomic E-state index is 4.58. The van der Waals surface area contributed by atoms with E-state index in [9.17, 15) is 0 Å². The van der Waals surface area contributed by atoms with Crippen LogP contribution >= 0.6 is 0 Å². The van der Waals surface area contributed by atoms with Crippen molar-refractivity contribution < 1.29 is 0 Å². The monoisotopic (exact) mass is 275 g/mol. The molecule has 2 heterocycles. The molecule has 2 aromatic heterocycles. The van der Waals surface area contributed by atoms with Crippen LogP contribution in [0.1, 0.15) is 42.4 Å². The van der Waals surface area contributed by atoms with E-state index in [2.05, 4.69) is 61.0 Å². The smallest absolute Gasteiger partial charge is 0.0644 e. The van der Waals surface area contributed by atoms with Gasteiger partial charge in [0.1, 0.15) is 0 Å². The van der Waals surface area contributed by atoms with Gasteiger partial charge in [0.25, 0.3) is 0 Å². The lowest BCUT2D eigenvalue weighted by Gasteiger charge is -2.15. The van der Waals surface area contributed by atoms with E-state index in [-0.39, 0.29) is 0 Å². The van der Waals surface area contributed by atoms with Crippen LogP contribution in [0.3, 0.4) is 0 Å². The van der Waals surface area contributed by atoms with Crippen molar-refractivity contribution in [3.63, 3.8) is 0 Å². The molecule has 0 saturated heterocycles. The molecule has 0 radical (unpaired) electrons. The molecule has 0 aliphatic rings. The number of nitrogens with one attached hydrogen (secondary N) is 1. The molecule has 2 aromatic rings. The molecule has 20 heavy (non-hydrogen) atoms. The quantitative estimate of drug-likeness (QED) is 0.880. The zero-order valence-corrected chi connectivity index (χ0v) is 13.1. The molecule has 0 aliphatic heterocycles. The molecule has 0 fully saturated rings. The number of hydrogen-bond donors (Lipinski definition) is 1. The summed E-state index contributed by atoms with van der Waals surface area (Å²) >= 11 is 0. The Balaban J connectivity index is 1.95. The first kappa shape index (κ1) is 14.8. The van der Waals surface area contributed by atoms with Gasteiger partial charge in [0.2, 0.25) is 0 Å². The Kier molecular flexibility index (Phi) is 4.60. The molecule has 0 aliphatic carbocycles.